The standard InChI is InChI=1S/C18H33N3/c1-4-12-19-18(15-10-8-7-9-11-15)14-21-17(6-3)13-16(5-2)20-21/h13,15,18-19H,4-12,14H2,1-3H3. The van der Waals surface area contributed by atoms with Gasteiger partial charge >= 0.3 is 0 Å². The van der Waals surface area contributed by atoms with Gasteiger partial charge in [-0.15, -0.1) is 0 Å². The third-order valence-electron chi connectivity index (χ3n) is 4.88. The molecule has 2 rings (SSSR count). The minimum absolute atomic E-state index is 0.597. The highest BCUT2D eigenvalue weighted by molar-refractivity contribution is 5.10. The molecule has 1 aromatic rings. The van der Waals surface area contributed by atoms with E-state index < -0.39 is 0 Å². The highest BCUT2D eigenvalue weighted by Gasteiger charge is 2.24. The predicted molar refractivity (Wildman–Crippen MR) is 89.6 cm³/mol. The maximum atomic E-state index is 4.82. The molecule has 0 saturated heterocycles. The third kappa shape index (κ3) is 4.57. The summed E-state index contributed by atoms with van der Waals surface area (Å²) in [5.74, 6) is 0.837. The van der Waals surface area contributed by atoms with Gasteiger partial charge in [0.1, 0.15) is 0 Å². The van der Waals surface area contributed by atoms with Crippen LogP contribution in [0.25, 0.3) is 0 Å². The van der Waals surface area contributed by atoms with Gasteiger partial charge in [-0.3, -0.25) is 4.68 Å². The zero-order valence-corrected chi connectivity index (χ0v) is 14.2. The van der Waals surface area contributed by atoms with Gasteiger partial charge in [0.25, 0.3) is 0 Å². The topological polar surface area (TPSA) is 29.9 Å². The predicted octanol–water partition coefficient (Wildman–Crippen LogP) is 3.96. The second-order valence-corrected chi connectivity index (χ2v) is 6.47. The molecule has 0 bridgehead atoms. The normalized spacial score (nSPS) is 18.0. The molecule has 1 aliphatic carbocycles. The molecule has 120 valence electrons. The molecule has 0 aliphatic heterocycles. The van der Waals surface area contributed by atoms with Gasteiger partial charge in [-0.1, -0.05) is 40.0 Å². The Labute approximate surface area is 130 Å². The molecule has 1 heterocycles. The molecule has 0 spiro atoms. The summed E-state index contributed by atoms with van der Waals surface area (Å²) in [4.78, 5) is 0. The Kier molecular flexibility index (Phi) is 6.75. The van der Waals surface area contributed by atoms with Crippen LogP contribution in [0.5, 0.6) is 0 Å². The number of nitrogens with one attached hydrogen (secondary N) is 1. The summed E-state index contributed by atoms with van der Waals surface area (Å²) >= 11 is 0. The lowest BCUT2D eigenvalue weighted by Gasteiger charge is -2.31. The molecule has 0 amide bonds. The van der Waals surface area contributed by atoms with E-state index in [0.29, 0.717) is 6.04 Å². The van der Waals surface area contributed by atoms with Crippen molar-refractivity contribution in [3.8, 4) is 0 Å². The second-order valence-electron chi connectivity index (χ2n) is 6.47. The third-order valence-corrected chi connectivity index (χ3v) is 4.88. The van der Waals surface area contributed by atoms with E-state index in [0.717, 1.165) is 31.8 Å². The lowest BCUT2D eigenvalue weighted by Crippen LogP contribution is -2.41. The Morgan fingerprint density at radius 2 is 1.95 bits per heavy atom. The van der Waals surface area contributed by atoms with Gasteiger partial charge in [0.2, 0.25) is 0 Å². The lowest BCUT2D eigenvalue weighted by atomic mass is 9.83. The fourth-order valence-electron chi connectivity index (χ4n) is 3.56. The summed E-state index contributed by atoms with van der Waals surface area (Å²) < 4.78 is 2.28. The quantitative estimate of drug-likeness (QED) is 0.786. The van der Waals surface area contributed by atoms with Gasteiger partial charge in [0.15, 0.2) is 0 Å². The van der Waals surface area contributed by atoms with E-state index >= 15 is 0 Å². The summed E-state index contributed by atoms with van der Waals surface area (Å²) in [6.45, 7) is 8.87. The van der Waals surface area contributed by atoms with Crippen molar-refractivity contribution in [2.45, 2.75) is 84.7 Å². The van der Waals surface area contributed by atoms with Crippen LogP contribution in [0.4, 0.5) is 0 Å². The minimum atomic E-state index is 0.597. The molecular weight excluding hydrogens is 258 g/mol. The van der Waals surface area contributed by atoms with Crippen molar-refractivity contribution < 1.29 is 0 Å². The number of nitrogens with zero attached hydrogens (tertiary/aromatic N) is 2. The van der Waals surface area contributed by atoms with E-state index in [1.54, 1.807) is 0 Å². The van der Waals surface area contributed by atoms with Crippen LogP contribution >= 0.6 is 0 Å². The SMILES string of the molecule is CCCNC(Cn1nc(CC)cc1CC)C1CCCCC1. The average molecular weight is 291 g/mol. The van der Waals surface area contributed by atoms with Gasteiger partial charge < -0.3 is 5.32 Å². The minimum Gasteiger partial charge on any atom is -0.312 e. The highest BCUT2D eigenvalue weighted by Crippen LogP contribution is 2.27. The van der Waals surface area contributed by atoms with E-state index in [-0.39, 0.29) is 0 Å². The Balaban J connectivity index is 2.07. The van der Waals surface area contributed by atoms with E-state index in [9.17, 15) is 0 Å². The van der Waals surface area contributed by atoms with Crippen molar-refractivity contribution in [1.82, 2.24) is 15.1 Å². The highest BCUT2D eigenvalue weighted by atomic mass is 15.3. The van der Waals surface area contributed by atoms with Crippen LogP contribution in [0.15, 0.2) is 6.07 Å². The van der Waals surface area contributed by atoms with Gasteiger partial charge in [-0.05, 0) is 50.6 Å². The van der Waals surface area contributed by atoms with E-state index in [4.69, 9.17) is 5.10 Å². The Morgan fingerprint density at radius 3 is 2.57 bits per heavy atom. The van der Waals surface area contributed by atoms with Crippen molar-refractivity contribution >= 4 is 0 Å². The smallest absolute Gasteiger partial charge is 0.0624 e. The second kappa shape index (κ2) is 8.57. The summed E-state index contributed by atoms with van der Waals surface area (Å²) in [5.41, 5.74) is 2.63. The molecule has 1 fully saturated rings. The van der Waals surface area contributed by atoms with Crippen LogP contribution in [-0.4, -0.2) is 22.4 Å². The molecule has 0 aromatic carbocycles. The number of hydrogen-bond acceptors (Lipinski definition) is 2. The van der Waals surface area contributed by atoms with E-state index in [1.165, 1.54) is 49.9 Å². The maximum Gasteiger partial charge on any atom is 0.0624 e. The van der Waals surface area contributed by atoms with Crippen LogP contribution in [0.2, 0.25) is 0 Å². The number of hydrogen-bond donors (Lipinski definition) is 1. The van der Waals surface area contributed by atoms with Gasteiger partial charge in [0.05, 0.1) is 12.2 Å². The monoisotopic (exact) mass is 291 g/mol. The molecule has 1 aromatic heterocycles. The fourth-order valence-corrected chi connectivity index (χ4v) is 3.56. The number of aryl methyl sites for hydroxylation is 2. The molecule has 3 heteroatoms. The average Bonchev–Trinajstić information content (AvgIpc) is 2.94. The summed E-state index contributed by atoms with van der Waals surface area (Å²) in [5, 5.41) is 8.62. The lowest BCUT2D eigenvalue weighted by molar-refractivity contribution is 0.241. The molecule has 3 nitrogen and oxygen atoms in total. The number of rotatable bonds is 8. The van der Waals surface area contributed by atoms with Crippen LogP contribution in [-0.2, 0) is 19.4 Å². The number of aromatic nitrogens is 2. The fraction of sp³-hybridized carbons (Fsp3) is 0.833. The van der Waals surface area contributed by atoms with E-state index in [1.807, 2.05) is 0 Å². The van der Waals surface area contributed by atoms with Crippen molar-refractivity contribution in [2.24, 2.45) is 5.92 Å². The van der Waals surface area contributed by atoms with Crippen molar-refractivity contribution in [1.29, 1.82) is 0 Å². The Hall–Kier alpha value is -0.830. The summed E-state index contributed by atoms with van der Waals surface area (Å²) in [6, 6.07) is 2.89. The molecule has 1 saturated carbocycles. The molecule has 1 aliphatic rings. The van der Waals surface area contributed by atoms with Crippen LogP contribution in [0.1, 0.15) is 70.7 Å². The zero-order chi connectivity index (χ0) is 15.1. The molecule has 1 N–H and O–H groups in total. The maximum absolute atomic E-state index is 4.82. The van der Waals surface area contributed by atoms with E-state index in [2.05, 4.69) is 36.8 Å². The Morgan fingerprint density at radius 1 is 1.19 bits per heavy atom. The van der Waals surface area contributed by atoms with Crippen LogP contribution in [0, 0.1) is 5.92 Å². The summed E-state index contributed by atoms with van der Waals surface area (Å²) in [7, 11) is 0. The zero-order valence-electron chi connectivity index (χ0n) is 14.2. The first kappa shape index (κ1) is 16.5. The first-order chi connectivity index (χ1) is 10.3. The largest absolute Gasteiger partial charge is 0.312 e. The first-order valence-electron chi connectivity index (χ1n) is 9.07. The van der Waals surface area contributed by atoms with Crippen molar-refractivity contribution in [3.05, 3.63) is 17.5 Å². The van der Waals surface area contributed by atoms with Crippen LogP contribution in [0.3, 0.4) is 0 Å². The molecule has 21 heavy (non-hydrogen) atoms. The van der Waals surface area contributed by atoms with Crippen molar-refractivity contribution in [2.75, 3.05) is 6.54 Å². The van der Waals surface area contributed by atoms with Gasteiger partial charge in [0, 0.05) is 11.7 Å². The first-order valence-corrected chi connectivity index (χ1v) is 9.07. The molecule has 1 unspecified atom stereocenters. The molecule has 1 atom stereocenters. The van der Waals surface area contributed by atoms with Crippen LogP contribution < -0.4 is 5.32 Å². The Bertz CT molecular complexity index is 405. The van der Waals surface area contributed by atoms with Crippen molar-refractivity contribution in [3.63, 3.8) is 0 Å². The van der Waals surface area contributed by atoms with Gasteiger partial charge in [-0.2, -0.15) is 5.10 Å². The summed E-state index contributed by atoms with van der Waals surface area (Å²) in [6.07, 6.45) is 10.4. The molecular formula is C18H33N3. The molecule has 0 radical (unpaired) electrons. The van der Waals surface area contributed by atoms with Gasteiger partial charge in [-0.25, -0.2) is 0 Å².